The first-order valence-corrected chi connectivity index (χ1v) is 8.63. The lowest BCUT2D eigenvalue weighted by atomic mass is 10.1. The molecule has 16 heavy (non-hydrogen) atoms. The van der Waals surface area contributed by atoms with E-state index in [1.54, 1.807) is 0 Å². The second kappa shape index (κ2) is 5.50. The lowest BCUT2D eigenvalue weighted by Crippen LogP contribution is -2.25. The average Bonchev–Trinajstić information content (AvgIpc) is 2.14. The van der Waals surface area contributed by atoms with Crippen LogP contribution < -0.4 is 5.32 Å². The van der Waals surface area contributed by atoms with E-state index in [-0.39, 0.29) is 5.54 Å². The molecule has 0 saturated carbocycles. The van der Waals surface area contributed by atoms with E-state index < -0.39 is 9.04 Å². The van der Waals surface area contributed by atoms with Crippen LogP contribution in [0.3, 0.4) is 0 Å². The van der Waals surface area contributed by atoms with Crippen LogP contribution in [0.25, 0.3) is 0 Å². The molecule has 0 heterocycles. The van der Waals surface area contributed by atoms with Gasteiger partial charge in [-0.15, -0.1) is 0 Å². The van der Waals surface area contributed by atoms with E-state index in [0.29, 0.717) is 0 Å². The fourth-order valence-corrected chi connectivity index (χ4v) is 1.91. The molecule has 0 bridgehead atoms. The molecule has 0 aromatic heterocycles. The Kier molecular flexibility index (Phi) is 4.56. The van der Waals surface area contributed by atoms with Gasteiger partial charge in [-0.2, -0.15) is 0 Å². The zero-order valence-electron chi connectivity index (χ0n) is 11.0. The third-order valence-electron chi connectivity index (χ3n) is 2.06. The largest absolute Gasteiger partial charge is 0.416 e. The SMILES string of the molecule is C[SiH](C)OCc1ccc(NC(C)(C)C)cc1. The minimum atomic E-state index is -0.903. The zero-order chi connectivity index (χ0) is 12.2. The van der Waals surface area contributed by atoms with Gasteiger partial charge in [-0.05, 0) is 51.6 Å². The number of rotatable bonds is 4. The molecule has 1 N–H and O–H groups in total. The molecule has 3 heteroatoms. The van der Waals surface area contributed by atoms with Crippen molar-refractivity contribution in [3.63, 3.8) is 0 Å². The molecular weight excluding hydrogens is 214 g/mol. The van der Waals surface area contributed by atoms with Gasteiger partial charge in [-0.3, -0.25) is 0 Å². The van der Waals surface area contributed by atoms with Crippen LogP contribution in [0.1, 0.15) is 26.3 Å². The second-order valence-corrected chi connectivity index (χ2v) is 7.86. The van der Waals surface area contributed by atoms with Crippen LogP contribution in [0.15, 0.2) is 24.3 Å². The number of hydrogen-bond donors (Lipinski definition) is 1. The van der Waals surface area contributed by atoms with Gasteiger partial charge in [0, 0.05) is 11.2 Å². The maximum absolute atomic E-state index is 5.69. The summed E-state index contributed by atoms with van der Waals surface area (Å²) >= 11 is 0. The summed E-state index contributed by atoms with van der Waals surface area (Å²) in [5.74, 6) is 0. The van der Waals surface area contributed by atoms with Crippen molar-refractivity contribution in [2.24, 2.45) is 0 Å². The second-order valence-electron chi connectivity index (χ2n) is 5.43. The Labute approximate surface area is 101 Å². The number of nitrogens with one attached hydrogen (secondary N) is 1. The van der Waals surface area contributed by atoms with Crippen LogP contribution in [-0.4, -0.2) is 14.6 Å². The Balaban J connectivity index is 2.54. The van der Waals surface area contributed by atoms with Gasteiger partial charge in [0.15, 0.2) is 9.04 Å². The van der Waals surface area contributed by atoms with Crippen LogP contribution >= 0.6 is 0 Å². The molecular formula is C13H23NOSi. The van der Waals surface area contributed by atoms with Crippen molar-refractivity contribution < 1.29 is 4.43 Å². The predicted molar refractivity (Wildman–Crippen MR) is 73.5 cm³/mol. The normalized spacial score (nSPS) is 11.9. The van der Waals surface area contributed by atoms with Crippen LogP contribution in [0, 0.1) is 0 Å². The van der Waals surface area contributed by atoms with Crippen molar-refractivity contribution >= 4 is 14.7 Å². The quantitative estimate of drug-likeness (QED) is 0.810. The maximum Gasteiger partial charge on any atom is 0.171 e. The standard InChI is InChI=1S/C13H23NOSi/c1-13(2,3)14-12-8-6-11(7-9-12)10-15-16(4)5/h6-9,14,16H,10H2,1-5H3. The summed E-state index contributed by atoms with van der Waals surface area (Å²) in [5, 5.41) is 3.44. The van der Waals surface area contributed by atoms with Gasteiger partial charge < -0.3 is 9.74 Å². The van der Waals surface area contributed by atoms with Crippen LogP contribution in [0.4, 0.5) is 5.69 Å². The van der Waals surface area contributed by atoms with E-state index in [4.69, 9.17) is 4.43 Å². The highest BCUT2D eigenvalue weighted by molar-refractivity contribution is 6.48. The van der Waals surface area contributed by atoms with Crippen LogP contribution in [-0.2, 0) is 11.0 Å². The first kappa shape index (κ1) is 13.3. The minimum Gasteiger partial charge on any atom is -0.416 e. The van der Waals surface area contributed by atoms with Crippen molar-refractivity contribution in [1.29, 1.82) is 0 Å². The molecule has 2 nitrogen and oxygen atoms in total. The molecule has 0 fully saturated rings. The Morgan fingerprint density at radius 1 is 1.12 bits per heavy atom. The summed E-state index contributed by atoms with van der Waals surface area (Å²) in [6.45, 7) is 11.6. The summed E-state index contributed by atoms with van der Waals surface area (Å²) < 4.78 is 5.69. The van der Waals surface area contributed by atoms with E-state index in [2.05, 4.69) is 63.4 Å². The van der Waals surface area contributed by atoms with Gasteiger partial charge in [-0.1, -0.05) is 12.1 Å². The molecule has 0 unspecified atom stereocenters. The van der Waals surface area contributed by atoms with E-state index in [1.165, 1.54) is 5.56 Å². The molecule has 0 aliphatic carbocycles. The van der Waals surface area contributed by atoms with Crippen molar-refractivity contribution in [1.82, 2.24) is 0 Å². The van der Waals surface area contributed by atoms with Gasteiger partial charge in [-0.25, -0.2) is 0 Å². The van der Waals surface area contributed by atoms with Crippen LogP contribution in [0.2, 0.25) is 13.1 Å². The van der Waals surface area contributed by atoms with Crippen molar-refractivity contribution in [2.75, 3.05) is 5.32 Å². The Morgan fingerprint density at radius 3 is 2.12 bits per heavy atom. The van der Waals surface area contributed by atoms with Gasteiger partial charge in [0.2, 0.25) is 0 Å². The third kappa shape index (κ3) is 5.33. The lowest BCUT2D eigenvalue weighted by Gasteiger charge is -2.22. The summed E-state index contributed by atoms with van der Waals surface area (Å²) in [6.07, 6.45) is 0. The highest BCUT2D eigenvalue weighted by Gasteiger charge is 2.08. The topological polar surface area (TPSA) is 21.3 Å². The van der Waals surface area contributed by atoms with Gasteiger partial charge in [0.05, 0.1) is 6.61 Å². The molecule has 1 rings (SSSR count). The fraction of sp³-hybridized carbons (Fsp3) is 0.538. The van der Waals surface area contributed by atoms with Gasteiger partial charge in [0.25, 0.3) is 0 Å². The summed E-state index contributed by atoms with van der Waals surface area (Å²) in [7, 11) is -0.903. The van der Waals surface area contributed by atoms with Crippen molar-refractivity contribution in [2.45, 2.75) is 46.0 Å². The Bertz CT molecular complexity index is 314. The highest BCUT2D eigenvalue weighted by atomic mass is 28.3. The summed E-state index contributed by atoms with van der Waals surface area (Å²) in [4.78, 5) is 0. The van der Waals surface area contributed by atoms with Gasteiger partial charge in [0.1, 0.15) is 0 Å². The first-order valence-electron chi connectivity index (χ1n) is 5.85. The maximum atomic E-state index is 5.69. The van der Waals surface area contributed by atoms with E-state index >= 15 is 0 Å². The molecule has 90 valence electrons. The highest BCUT2D eigenvalue weighted by Crippen LogP contribution is 2.15. The molecule has 0 radical (unpaired) electrons. The molecule has 0 aliphatic rings. The van der Waals surface area contributed by atoms with Gasteiger partial charge >= 0.3 is 0 Å². The molecule has 1 aromatic carbocycles. The van der Waals surface area contributed by atoms with E-state index in [0.717, 1.165) is 12.3 Å². The number of hydrogen-bond acceptors (Lipinski definition) is 2. The summed E-state index contributed by atoms with van der Waals surface area (Å²) in [5.41, 5.74) is 2.53. The molecule has 1 aromatic rings. The Hall–Kier alpha value is -0.803. The number of anilines is 1. The van der Waals surface area contributed by atoms with Crippen LogP contribution in [0.5, 0.6) is 0 Å². The molecule has 0 spiro atoms. The third-order valence-corrected chi connectivity index (χ3v) is 2.89. The molecule has 0 aliphatic heterocycles. The summed E-state index contributed by atoms with van der Waals surface area (Å²) in [6, 6.07) is 8.49. The lowest BCUT2D eigenvalue weighted by molar-refractivity contribution is 0.314. The molecule has 0 saturated heterocycles. The van der Waals surface area contributed by atoms with Crippen molar-refractivity contribution in [3.8, 4) is 0 Å². The predicted octanol–water partition coefficient (Wildman–Crippen LogP) is 3.40. The van der Waals surface area contributed by atoms with Crippen molar-refractivity contribution in [3.05, 3.63) is 29.8 Å². The average molecular weight is 237 g/mol. The molecule has 0 atom stereocenters. The smallest absolute Gasteiger partial charge is 0.171 e. The monoisotopic (exact) mass is 237 g/mol. The zero-order valence-corrected chi connectivity index (χ0v) is 12.2. The number of benzene rings is 1. The first-order chi connectivity index (χ1) is 7.37. The fourth-order valence-electron chi connectivity index (χ4n) is 1.38. The molecule has 0 amide bonds. The van der Waals surface area contributed by atoms with E-state index in [1.807, 2.05) is 0 Å². The van der Waals surface area contributed by atoms with E-state index in [9.17, 15) is 0 Å². The Morgan fingerprint density at radius 2 is 1.69 bits per heavy atom. The minimum absolute atomic E-state index is 0.114.